The molecule has 2 fully saturated rings. The summed E-state index contributed by atoms with van der Waals surface area (Å²) in [7, 11) is 0. The van der Waals surface area contributed by atoms with Crippen molar-refractivity contribution in [3.63, 3.8) is 0 Å². The normalized spacial score (nSPS) is 16.4. The van der Waals surface area contributed by atoms with Crippen LogP contribution >= 0.6 is 11.6 Å². The van der Waals surface area contributed by atoms with Crippen molar-refractivity contribution in [2.75, 3.05) is 26.2 Å². The Bertz CT molecular complexity index is 1150. The van der Waals surface area contributed by atoms with E-state index in [0.29, 0.717) is 18.2 Å². The lowest BCUT2D eigenvalue weighted by Gasteiger charge is -2.29. The molecule has 3 aromatic rings. The minimum absolute atomic E-state index is 0.250. The first-order chi connectivity index (χ1) is 18.6. The maximum Gasteiger partial charge on any atom is 0.415 e. The fourth-order valence-corrected chi connectivity index (χ4v) is 5.86. The maximum atomic E-state index is 13.3. The van der Waals surface area contributed by atoms with Crippen LogP contribution in [-0.4, -0.2) is 42.1 Å². The molecule has 0 N–H and O–H groups in total. The van der Waals surface area contributed by atoms with Crippen molar-refractivity contribution in [3.05, 3.63) is 88.9 Å². The third-order valence-electron chi connectivity index (χ3n) is 8.00. The molecule has 1 saturated carbocycles. The first-order valence-electron chi connectivity index (χ1n) is 14.3. The van der Waals surface area contributed by atoms with Crippen molar-refractivity contribution < 1.29 is 9.53 Å². The number of halogens is 1. The minimum atomic E-state index is -0.250. The van der Waals surface area contributed by atoms with Crippen LogP contribution in [-0.2, 0) is 13.0 Å². The van der Waals surface area contributed by atoms with Gasteiger partial charge in [0, 0.05) is 24.7 Å². The molecule has 200 valence electrons. The molecule has 0 unspecified atom stereocenters. The van der Waals surface area contributed by atoms with Crippen LogP contribution in [0, 0.1) is 5.92 Å². The highest BCUT2D eigenvalue weighted by Gasteiger charge is 2.22. The molecule has 38 heavy (non-hydrogen) atoms. The molecule has 0 radical (unpaired) electrons. The van der Waals surface area contributed by atoms with Crippen LogP contribution in [0.3, 0.4) is 0 Å². The van der Waals surface area contributed by atoms with Crippen LogP contribution < -0.4 is 4.74 Å². The van der Waals surface area contributed by atoms with Gasteiger partial charge in [0.1, 0.15) is 5.75 Å². The van der Waals surface area contributed by atoms with Gasteiger partial charge in [0.2, 0.25) is 0 Å². The Morgan fingerprint density at radius 2 is 1.39 bits per heavy atom. The number of carbonyl (C=O) groups is 1. The van der Waals surface area contributed by atoms with Gasteiger partial charge < -0.3 is 9.64 Å². The quantitative estimate of drug-likeness (QED) is 0.279. The van der Waals surface area contributed by atoms with E-state index in [0.717, 1.165) is 35.7 Å². The van der Waals surface area contributed by atoms with Crippen LogP contribution in [0.4, 0.5) is 4.79 Å². The maximum absolute atomic E-state index is 13.3. The van der Waals surface area contributed by atoms with E-state index in [-0.39, 0.29) is 6.09 Å². The van der Waals surface area contributed by atoms with Crippen LogP contribution in [0.5, 0.6) is 5.75 Å². The van der Waals surface area contributed by atoms with Crippen LogP contribution in [0.1, 0.15) is 56.1 Å². The van der Waals surface area contributed by atoms with Crippen LogP contribution in [0.2, 0.25) is 5.02 Å². The van der Waals surface area contributed by atoms with E-state index in [2.05, 4.69) is 29.2 Å². The van der Waals surface area contributed by atoms with Gasteiger partial charge in [0.05, 0.1) is 0 Å². The number of carbonyl (C=O) groups excluding carboxylic acids is 1. The molecule has 1 aliphatic heterocycles. The molecule has 0 spiro atoms. The predicted molar refractivity (Wildman–Crippen MR) is 156 cm³/mol. The second kappa shape index (κ2) is 13.3. The number of rotatable bonds is 9. The summed E-state index contributed by atoms with van der Waals surface area (Å²) in [6.45, 7) is 4.91. The molecule has 1 saturated heterocycles. The van der Waals surface area contributed by atoms with E-state index < -0.39 is 0 Å². The molecule has 0 atom stereocenters. The molecular weight excluding hydrogens is 492 g/mol. The summed E-state index contributed by atoms with van der Waals surface area (Å²) in [6.07, 6.45) is 9.45. The third-order valence-corrected chi connectivity index (χ3v) is 8.25. The van der Waals surface area contributed by atoms with Crippen molar-refractivity contribution in [1.82, 2.24) is 9.80 Å². The molecule has 5 heteroatoms. The SMILES string of the molecule is O=C(Oc1ccc(-c2ccc(Cl)cc2)cc1)N(CCc1ccc(CN2CCCC2)cc1)CC1CCCCC1. The van der Waals surface area contributed by atoms with Crippen molar-refractivity contribution >= 4 is 17.7 Å². The van der Waals surface area contributed by atoms with E-state index in [1.54, 1.807) is 0 Å². The van der Waals surface area contributed by atoms with Gasteiger partial charge in [-0.3, -0.25) is 4.90 Å². The second-order valence-corrected chi connectivity index (χ2v) is 11.3. The molecule has 2 aliphatic rings. The summed E-state index contributed by atoms with van der Waals surface area (Å²) in [5.74, 6) is 1.14. The van der Waals surface area contributed by atoms with E-state index in [1.165, 1.54) is 69.2 Å². The summed E-state index contributed by atoms with van der Waals surface area (Å²) in [4.78, 5) is 17.8. The Morgan fingerprint density at radius 1 is 0.789 bits per heavy atom. The lowest BCUT2D eigenvalue weighted by atomic mass is 9.89. The Labute approximate surface area is 232 Å². The van der Waals surface area contributed by atoms with Gasteiger partial charge in [-0.2, -0.15) is 0 Å². The largest absolute Gasteiger partial charge is 0.415 e. The Morgan fingerprint density at radius 3 is 2.05 bits per heavy atom. The van der Waals surface area contributed by atoms with Crippen molar-refractivity contribution in [2.45, 2.75) is 57.9 Å². The third kappa shape index (κ3) is 7.61. The van der Waals surface area contributed by atoms with Crippen molar-refractivity contribution in [2.24, 2.45) is 5.92 Å². The Balaban J connectivity index is 1.20. The molecule has 1 heterocycles. The average molecular weight is 531 g/mol. The van der Waals surface area contributed by atoms with Crippen LogP contribution in [0.25, 0.3) is 11.1 Å². The smallest absolute Gasteiger partial charge is 0.410 e. The standard InChI is InChI=1S/C33H39ClN2O2/c34-31-16-12-29(13-17-31)30-14-18-32(19-15-30)38-33(37)36(25-27-6-2-1-3-7-27)23-20-26-8-10-28(11-9-26)24-35-21-4-5-22-35/h8-19,27H,1-7,20-25H2. The zero-order chi connectivity index (χ0) is 26.2. The highest BCUT2D eigenvalue weighted by molar-refractivity contribution is 6.30. The molecule has 4 nitrogen and oxygen atoms in total. The van der Waals surface area contributed by atoms with Gasteiger partial charge >= 0.3 is 6.09 Å². The number of hydrogen-bond donors (Lipinski definition) is 0. The second-order valence-electron chi connectivity index (χ2n) is 10.9. The van der Waals surface area contributed by atoms with Gasteiger partial charge in [0.15, 0.2) is 0 Å². The van der Waals surface area contributed by atoms with Gasteiger partial charge in [-0.25, -0.2) is 4.79 Å². The van der Waals surface area contributed by atoms with Gasteiger partial charge in [-0.1, -0.05) is 79.4 Å². The van der Waals surface area contributed by atoms with E-state index in [4.69, 9.17) is 16.3 Å². The molecule has 1 aliphatic carbocycles. The molecule has 3 aromatic carbocycles. The number of ether oxygens (including phenoxy) is 1. The highest BCUT2D eigenvalue weighted by Crippen LogP contribution is 2.27. The Hall–Kier alpha value is -2.82. The first-order valence-corrected chi connectivity index (χ1v) is 14.6. The lowest BCUT2D eigenvalue weighted by Crippen LogP contribution is -2.39. The molecule has 1 amide bonds. The molecule has 0 aromatic heterocycles. The number of hydrogen-bond acceptors (Lipinski definition) is 3. The van der Waals surface area contributed by atoms with E-state index in [9.17, 15) is 4.79 Å². The zero-order valence-corrected chi connectivity index (χ0v) is 23.0. The van der Waals surface area contributed by atoms with Crippen LogP contribution in [0.15, 0.2) is 72.8 Å². The number of amides is 1. The molecular formula is C33H39ClN2O2. The number of nitrogens with zero attached hydrogens (tertiary/aromatic N) is 2. The zero-order valence-electron chi connectivity index (χ0n) is 22.3. The minimum Gasteiger partial charge on any atom is -0.410 e. The first kappa shape index (κ1) is 26.8. The Kier molecular flexibility index (Phi) is 9.37. The fourth-order valence-electron chi connectivity index (χ4n) is 5.74. The molecule has 5 rings (SSSR count). The monoisotopic (exact) mass is 530 g/mol. The summed E-state index contributed by atoms with van der Waals surface area (Å²) in [5, 5.41) is 0.718. The van der Waals surface area contributed by atoms with Crippen molar-refractivity contribution in [3.8, 4) is 16.9 Å². The highest BCUT2D eigenvalue weighted by atomic mass is 35.5. The van der Waals surface area contributed by atoms with Gasteiger partial charge in [0.25, 0.3) is 0 Å². The summed E-state index contributed by atoms with van der Waals surface area (Å²) in [6, 6.07) is 24.4. The lowest BCUT2D eigenvalue weighted by molar-refractivity contribution is 0.138. The fraction of sp³-hybridized carbons (Fsp3) is 0.424. The topological polar surface area (TPSA) is 32.8 Å². The summed E-state index contributed by atoms with van der Waals surface area (Å²) >= 11 is 6.02. The molecule has 0 bridgehead atoms. The van der Waals surface area contributed by atoms with Gasteiger partial charge in [-0.15, -0.1) is 0 Å². The average Bonchev–Trinajstić information content (AvgIpc) is 3.46. The summed E-state index contributed by atoms with van der Waals surface area (Å²) in [5.41, 5.74) is 4.78. The van der Waals surface area contributed by atoms with E-state index >= 15 is 0 Å². The number of likely N-dealkylation sites (tertiary alicyclic amines) is 1. The van der Waals surface area contributed by atoms with Crippen molar-refractivity contribution in [1.29, 1.82) is 0 Å². The van der Waals surface area contributed by atoms with E-state index in [1.807, 2.05) is 53.4 Å². The number of benzene rings is 3. The van der Waals surface area contributed by atoms with Gasteiger partial charge in [-0.05, 0) is 97.6 Å². The predicted octanol–water partition coefficient (Wildman–Crippen LogP) is 8.23. The summed E-state index contributed by atoms with van der Waals surface area (Å²) < 4.78 is 5.87.